The van der Waals surface area contributed by atoms with E-state index in [-0.39, 0.29) is 23.2 Å². The number of anilines is 3. The van der Waals surface area contributed by atoms with Crippen LogP contribution in [0.1, 0.15) is 23.8 Å². The molecule has 1 amide bonds. The molecule has 146 valence electrons. The van der Waals surface area contributed by atoms with Gasteiger partial charge in [-0.2, -0.15) is 0 Å². The molecule has 1 aliphatic heterocycles. The molecule has 0 spiro atoms. The van der Waals surface area contributed by atoms with Crippen LogP contribution >= 0.6 is 0 Å². The topological polar surface area (TPSA) is 127 Å². The Morgan fingerprint density at radius 3 is 2.89 bits per heavy atom. The lowest BCUT2D eigenvalue weighted by molar-refractivity contribution is 0.0928. The first-order valence-corrected chi connectivity index (χ1v) is 8.82. The van der Waals surface area contributed by atoms with Crippen LogP contribution in [0.4, 0.5) is 17.2 Å². The van der Waals surface area contributed by atoms with Crippen molar-refractivity contribution in [2.75, 3.05) is 24.3 Å². The largest absolute Gasteiger partial charge is 0.477 e. The Bertz CT molecular complexity index is 1120. The Balaban J connectivity index is 1.91. The summed E-state index contributed by atoms with van der Waals surface area (Å²) in [6.45, 7) is 2.22. The molecule has 4 heterocycles. The van der Waals surface area contributed by atoms with Gasteiger partial charge in [-0.1, -0.05) is 0 Å². The normalized spacial score (nSPS) is 16.8. The molecule has 0 radical (unpaired) electrons. The minimum Gasteiger partial charge on any atom is -0.477 e. The molecule has 4 rings (SSSR count). The van der Waals surface area contributed by atoms with Crippen molar-refractivity contribution in [2.24, 2.45) is 7.05 Å². The Morgan fingerprint density at radius 2 is 2.11 bits per heavy atom. The van der Waals surface area contributed by atoms with Gasteiger partial charge < -0.3 is 20.7 Å². The third-order valence-electron chi connectivity index (χ3n) is 4.45. The van der Waals surface area contributed by atoms with E-state index in [4.69, 9.17) is 4.74 Å². The van der Waals surface area contributed by atoms with Crippen molar-refractivity contribution in [3.05, 3.63) is 34.4 Å². The predicted octanol–water partition coefficient (Wildman–Crippen LogP) is 0.509. The second-order valence-electron chi connectivity index (χ2n) is 6.53. The monoisotopic (exact) mass is 384 g/mol. The van der Waals surface area contributed by atoms with E-state index in [1.165, 1.54) is 21.5 Å². The summed E-state index contributed by atoms with van der Waals surface area (Å²) in [5, 5.41) is 17.5. The SMILES string of the molecule is CNc1cc2nn3c(cnc13)C(=O)N[C@H](C)CCOc1cc(c(=O)n(C)n1)N2. The Hall–Kier alpha value is -3.63. The third kappa shape index (κ3) is 3.10. The third-order valence-corrected chi connectivity index (χ3v) is 4.45. The van der Waals surface area contributed by atoms with Gasteiger partial charge in [-0.15, -0.1) is 10.2 Å². The molecule has 0 aromatic carbocycles. The zero-order valence-electron chi connectivity index (χ0n) is 15.7. The smallest absolute Gasteiger partial charge is 0.290 e. The quantitative estimate of drug-likeness (QED) is 0.554. The molecular weight excluding hydrogens is 364 g/mol. The van der Waals surface area contributed by atoms with E-state index in [1.54, 1.807) is 20.2 Å². The number of nitrogens with zero attached hydrogens (tertiary/aromatic N) is 5. The van der Waals surface area contributed by atoms with Crippen molar-refractivity contribution < 1.29 is 9.53 Å². The number of hydrogen-bond donors (Lipinski definition) is 3. The molecule has 3 N–H and O–H groups in total. The second-order valence-corrected chi connectivity index (χ2v) is 6.53. The van der Waals surface area contributed by atoms with Crippen molar-refractivity contribution in [1.82, 2.24) is 29.7 Å². The van der Waals surface area contributed by atoms with Gasteiger partial charge in [-0.05, 0) is 6.92 Å². The lowest BCUT2D eigenvalue weighted by Crippen LogP contribution is -2.34. The first-order chi connectivity index (χ1) is 13.5. The number of fused-ring (bicyclic) bond motifs is 3. The van der Waals surface area contributed by atoms with Crippen LogP contribution in [-0.2, 0) is 7.05 Å². The molecule has 0 unspecified atom stereocenters. The minimum atomic E-state index is -0.329. The molecule has 28 heavy (non-hydrogen) atoms. The molecule has 1 atom stereocenters. The fraction of sp³-hybridized carbons (Fsp3) is 0.353. The Labute approximate surface area is 159 Å². The summed E-state index contributed by atoms with van der Waals surface area (Å²) >= 11 is 0. The van der Waals surface area contributed by atoms with E-state index < -0.39 is 0 Å². The van der Waals surface area contributed by atoms with Crippen LogP contribution in [0.15, 0.2) is 23.1 Å². The highest BCUT2D eigenvalue weighted by Crippen LogP contribution is 2.22. The number of rotatable bonds is 1. The number of nitrogens with one attached hydrogen (secondary N) is 3. The molecule has 1 aliphatic rings. The number of amides is 1. The molecule has 0 saturated carbocycles. The maximum absolute atomic E-state index is 12.7. The summed E-state index contributed by atoms with van der Waals surface area (Å²) in [6, 6.07) is 3.11. The molecule has 0 fully saturated rings. The Kier molecular flexibility index (Phi) is 4.34. The number of ether oxygens (including phenoxy) is 1. The lowest BCUT2D eigenvalue weighted by Gasteiger charge is -2.16. The molecule has 3 aromatic rings. The van der Waals surface area contributed by atoms with Gasteiger partial charge in [0.25, 0.3) is 11.5 Å². The highest BCUT2D eigenvalue weighted by atomic mass is 16.5. The van der Waals surface area contributed by atoms with Gasteiger partial charge in [-0.3, -0.25) is 9.59 Å². The van der Waals surface area contributed by atoms with Crippen molar-refractivity contribution in [3.8, 4) is 5.88 Å². The molecule has 3 aromatic heterocycles. The summed E-state index contributed by atoms with van der Waals surface area (Å²) in [5.41, 5.74) is 1.38. The van der Waals surface area contributed by atoms with Gasteiger partial charge >= 0.3 is 0 Å². The zero-order chi connectivity index (χ0) is 19.8. The fourth-order valence-corrected chi connectivity index (χ4v) is 2.96. The van der Waals surface area contributed by atoms with Crippen LogP contribution in [0.5, 0.6) is 5.88 Å². The minimum absolute atomic E-state index is 0.141. The molecule has 0 aliphatic carbocycles. The first kappa shape index (κ1) is 17.8. The van der Waals surface area contributed by atoms with Crippen LogP contribution in [-0.4, -0.2) is 50.0 Å². The van der Waals surface area contributed by atoms with Crippen LogP contribution in [0.25, 0.3) is 5.65 Å². The Morgan fingerprint density at radius 1 is 1.29 bits per heavy atom. The average molecular weight is 384 g/mol. The second kappa shape index (κ2) is 6.83. The van der Waals surface area contributed by atoms with Crippen LogP contribution < -0.4 is 26.2 Å². The van der Waals surface area contributed by atoms with Gasteiger partial charge in [-0.25, -0.2) is 14.2 Å². The molecule has 4 bridgehead atoms. The van der Waals surface area contributed by atoms with E-state index in [0.29, 0.717) is 41.8 Å². The average Bonchev–Trinajstić information content (AvgIpc) is 3.08. The molecule has 11 nitrogen and oxygen atoms in total. The van der Waals surface area contributed by atoms with Crippen molar-refractivity contribution in [1.29, 1.82) is 0 Å². The van der Waals surface area contributed by atoms with E-state index in [1.807, 2.05) is 6.92 Å². The summed E-state index contributed by atoms with van der Waals surface area (Å²) in [4.78, 5) is 29.4. The van der Waals surface area contributed by atoms with Crippen LogP contribution in [0.2, 0.25) is 0 Å². The van der Waals surface area contributed by atoms with Gasteiger partial charge in [0.15, 0.2) is 17.2 Å². The van der Waals surface area contributed by atoms with Gasteiger partial charge in [0, 0.05) is 38.7 Å². The number of carbonyl (C=O) groups excluding carboxylic acids is 1. The van der Waals surface area contributed by atoms with E-state index in [0.717, 1.165) is 0 Å². The maximum Gasteiger partial charge on any atom is 0.290 e. The summed E-state index contributed by atoms with van der Waals surface area (Å²) < 4.78 is 8.32. The van der Waals surface area contributed by atoms with Crippen molar-refractivity contribution in [3.63, 3.8) is 0 Å². The standard InChI is InChI=1S/C17H20N8O3/c1-9-4-5-28-14-7-11(17(27)24(3)23-14)21-13-6-10(18-2)15-19-8-12(16(26)20-9)25(15)22-13/h6-9,18H,4-5H2,1-3H3,(H,20,26)(H,21,22)/t9-/m1/s1. The highest BCUT2D eigenvalue weighted by Gasteiger charge is 2.19. The predicted molar refractivity (Wildman–Crippen MR) is 102 cm³/mol. The van der Waals surface area contributed by atoms with Gasteiger partial charge in [0.05, 0.1) is 18.5 Å². The fourth-order valence-electron chi connectivity index (χ4n) is 2.96. The van der Waals surface area contributed by atoms with Crippen molar-refractivity contribution in [2.45, 2.75) is 19.4 Å². The summed E-state index contributed by atoms with van der Waals surface area (Å²) in [6.07, 6.45) is 2.04. The molecular formula is C17H20N8O3. The summed E-state index contributed by atoms with van der Waals surface area (Å²) in [5.74, 6) is 0.373. The van der Waals surface area contributed by atoms with Gasteiger partial charge in [0.2, 0.25) is 5.88 Å². The molecule has 0 saturated heterocycles. The van der Waals surface area contributed by atoms with Gasteiger partial charge in [0.1, 0.15) is 5.69 Å². The van der Waals surface area contributed by atoms with E-state index >= 15 is 0 Å². The van der Waals surface area contributed by atoms with E-state index in [2.05, 4.69) is 31.1 Å². The van der Waals surface area contributed by atoms with E-state index in [9.17, 15) is 9.59 Å². The zero-order valence-corrected chi connectivity index (χ0v) is 15.7. The lowest BCUT2D eigenvalue weighted by atomic mass is 10.2. The first-order valence-electron chi connectivity index (χ1n) is 8.82. The van der Waals surface area contributed by atoms with Crippen LogP contribution in [0.3, 0.4) is 0 Å². The number of imidazole rings is 1. The highest BCUT2D eigenvalue weighted by molar-refractivity contribution is 5.94. The number of carbonyl (C=O) groups is 1. The molecule has 11 heteroatoms. The summed E-state index contributed by atoms with van der Waals surface area (Å²) in [7, 11) is 3.29. The number of hydrogen-bond acceptors (Lipinski definition) is 8. The van der Waals surface area contributed by atoms with Crippen LogP contribution in [0, 0.1) is 0 Å². The van der Waals surface area contributed by atoms with Crippen molar-refractivity contribution >= 4 is 28.7 Å². The number of aryl methyl sites for hydroxylation is 1. The number of aromatic nitrogens is 5. The maximum atomic E-state index is 12.7.